The van der Waals surface area contributed by atoms with Crippen LogP contribution >= 0.6 is 0 Å². The van der Waals surface area contributed by atoms with Crippen LogP contribution < -0.4 is 4.74 Å². The first-order valence-corrected chi connectivity index (χ1v) is 3.46. The summed E-state index contributed by atoms with van der Waals surface area (Å²) in [5.74, 6) is 0.482. The molecule has 0 saturated carbocycles. The van der Waals surface area contributed by atoms with Crippen LogP contribution in [-0.4, -0.2) is 27.7 Å². The van der Waals surface area contributed by atoms with Gasteiger partial charge in [-0.25, -0.2) is 9.26 Å². The van der Waals surface area contributed by atoms with Crippen molar-refractivity contribution in [2.45, 2.75) is 0 Å². The van der Waals surface area contributed by atoms with E-state index in [0.717, 1.165) is 0 Å². The van der Waals surface area contributed by atoms with Gasteiger partial charge in [0.15, 0.2) is 0 Å². The molecular weight excluding hydrogens is 192 g/mol. The summed E-state index contributed by atoms with van der Waals surface area (Å²) in [6.07, 6.45) is 1.30. The number of aromatic nitrogens is 4. The van der Waals surface area contributed by atoms with Crippen LogP contribution in [-0.2, 0) is 0 Å². The Bertz CT molecular complexity index is 420. The van der Waals surface area contributed by atoms with E-state index in [2.05, 4.69) is 40.1 Å². The fourth-order valence-electron chi connectivity index (χ4n) is 0.668. The van der Waals surface area contributed by atoms with Crippen LogP contribution in [0.3, 0.4) is 0 Å². The SMILES string of the molecule is COc1nonc1N=Nc1cnon1. The van der Waals surface area contributed by atoms with Crippen LogP contribution in [0.1, 0.15) is 0 Å². The van der Waals surface area contributed by atoms with E-state index < -0.39 is 0 Å². The van der Waals surface area contributed by atoms with Crippen molar-refractivity contribution in [3.63, 3.8) is 0 Å². The van der Waals surface area contributed by atoms with Crippen molar-refractivity contribution in [1.82, 2.24) is 20.6 Å². The van der Waals surface area contributed by atoms with E-state index >= 15 is 0 Å². The van der Waals surface area contributed by atoms with Gasteiger partial charge in [-0.05, 0) is 15.5 Å². The van der Waals surface area contributed by atoms with Crippen LogP contribution in [0.15, 0.2) is 25.7 Å². The summed E-state index contributed by atoms with van der Waals surface area (Å²) >= 11 is 0. The number of ether oxygens (including phenoxy) is 1. The zero-order chi connectivity index (χ0) is 9.80. The van der Waals surface area contributed by atoms with Gasteiger partial charge in [-0.2, -0.15) is 0 Å². The molecular formula is C5H4N6O3. The zero-order valence-corrected chi connectivity index (χ0v) is 6.99. The van der Waals surface area contributed by atoms with Crippen molar-refractivity contribution < 1.29 is 14.0 Å². The quantitative estimate of drug-likeness (QED) is 0.669. The number of hydrogen-bond acceptors (Lipinski definition) is 9. The van der Waals surface area contributed by atoms with E-state index in [9.17, 15) is 0 Å². The molecule has 0 aliphatic rings. The van der Waals surface area contributed by atoms with Crippen LogP contribution in [0.2, 0.25) is 0 Å². The number of hydrogen-bond donors (Lipinski definition) is 0. The van der Waals surface area contributed by atoms with Crippen LogP contribution in [0.4, 0.5) is 11.6 Å². The van der Waals surface area contributed by atoms with E-state index in [1.807, 2.05) is 0 Å². The zero-order valence-electron chi connectivity index (χ0n) is 6.99. The highest BCUT2D eigenvalue weighted by molar-refractivity contribution is 5.36. The molecule has 2 heterocycles. The summed E-state index contributed by atoms with van der Waals surface area (Å²) < 4.78 is 13.4. The van der Waals surface area contributed by atoms with Gasteiger partial charge in [-0.3, -0.25) is 0 Å². The molecule has 0 amide bonds. The summed E-state index contributed by atoms with van der Waals surface area (Å²) in [5, 5.41) is 20.9. The molecule has 0 aliphatic heterocycles. The van der Waals surface area contributed by atoms with Crippen LogP contribution in [0.25, 0.3) is 0 Å². The minimum absolute atomic E-state index is 0.121. The molecule has 0 N–H and O–H groups in total. The fourth-order valence-corrected chi connectivity index (χ4v) is 0.668. The van der Waals surface area contributed by atoms with Crippen molar-refractivity contribution in [1.29, 1.82) is 0 Å². The molecule has 2 aromatic rings. The predicted molar refractivity (Wildman–Crippen MR) is 39.3 cm³/mol. The number of nitrogens with zero attached hydrogens (tertiary/aromatic N) is 6. The lowest BCUT2D eigenvalue weighted by Crippen LogP contribution is -1.80. The Balaban J connectivity index is 2.18. The largest absolute Gasteiger partial charge is 0.476 e. The van der Waals surface area contributed by atoms with Gasteiger partial charge >= 0.3 is 5.88 Å². The van der Waals surface area contributed by atoms with Crippen molar-refractivity contribution >= 4 is 11.6 Å². The molecule has 0 saturated heterocycles. The summed E-state index contributed by atoms with van der Waals surface area (Å²) in [6.45, 7) is 0. The van der Waals surface area contributed by atoms with E-state index in [4.69, 9.17) is 4.74 Å². The van der Waals surface area contributed by atoms with Gasteiger partial charge in [-0.15, -0.1) is 10.2 Å². The predicted octanol–water partition coefficient (Wildman–Crippen LogP) is 0.877. The van der Waals surface area contributed by atoms with Crippen molar-refractivity contribution in [3.8, 4) is 5.88 Å². The molecule has 2 aromatic heterocycles. The second kappa shape index (κ2) is 3.60. The monoisotopic (exact) mass is 196 g/mol. The third-order valence-corrected chi connectivity index (χ3v) is 1.23. The van der Waals surface area contributed by atoms with Gasteiger partial charge in [-0.1, -0.05) is 5.16 Å². The van der Waals surface area contributed by atoms with E-state index in [1.165, 1.54) is 13.3 Å². The average molecular weight is 196 g/mol. The maximum Gasteiger partial charge on any atom is 0.304 e. The van der Waals surface area contributed by atoms with Gasteiger partial charge < -0.3 is 4.74 Å². The number of azo groups is 1. The van der Waals surface area contributed by atoms with Gasteiger partial charge in [0.2, 0.25) is 5.82 Å². The van der Waals surface area contributed by atoms with E-state index in [0.29, 0.717) is 0 Å². The highest BCUT2D eigenvalue weighted by Crippen LogP contribution is 2.22. The van der Waals surface area contributed by atoms with Gasteiger partial charge in [0, 0.05) is 0 Å². The Labute approximate surface area is 76.7 Å². The first kappa shape index (κ1) is 8.29. The van der Waals surface area contributed by atoms with E-state index in [1.54, 1.807) is 0 Å². The molecule has 9 heteroatoms. The van der Waals surface area contributed by atoms with Gasteiger partial charge in [0.1, 0.15) is 6.20 Å². The second-order valence-corrected chi connectivity index (χ2v) is 2.06. The highest BCUT2D eigenvalue weighted by Gasteiger charge is 2.08. The lowest BCUT2D eigenvalue weighted by atomic mass is 10.7. The van der Waals surface area contributed by atoms with E-state index in [-0.39, 0.29) is 17.5 Å². The Kier molecular flexibility index (Phi) is 2.13. The first-order chi connectivity index (χ1) is 6.90. The Morgan fingerprint density at radius 3 is 2.86 bits per heavy atom. The lowest BCUT2D eigenvalue weighted by Gasteiger charge is -1.87. The molecule has 0 aliphatic carbocycles. The summed E-state index contributed by atoms with van der Waals surface area (Å²) in [6, 6.07) is 0. The molecule has 14 heavy (non-hydrogen) atoms. The third kappa shape index (κ3) is 1.55. The fraction of sp³-hybridized carbons (Fsp3) is 0.200. The minimum Gasteiger partial charge on any atom is -0.476 e. The Hall–Kier alpha value is -2.32. The second-order valence-electron chi connectivity index (χ2n) is 2.06. The molecule has 0 spiro atoms. The highest BCUT2D eigenvalue weighted by atomic mass is 16.6. The van der Waals surface area contributed by atoms with Crippen molar-refractivity contribution in [3.05, 3.63) is 6.20 Å². The maximum atomic E-state index is 4.77. The molecule has 0 bridgehead atoms. The summed E-state index contributed by atoms with van der Waals surface area (Å²) in [4.78, 5) is 0. The minimum atomic E-state index is 0.121. The van der Waals surface area contributed by atoms with Crippen LogP contribution in [0.5, 0.6) is 5.88 Å². The van der Waals surface area contributed by atoms with Crippen molar-refractivity contribution in [2.24, 2.45) is 10.2 Å². The average Bonchev–Trinajstić information content (AvgIpc) is 2.85. The molecule has 0 radical (unpaired) electrons. The third-order valence-electron chi connectivity index (χ3n) is 1.23. The molecule has 0 aromatic carbocycles. The molecule has 2 rings (SSSR count). The Morgan fingerprint density at radius 1 is 1.21 bits per heavy atom. The van der Waals surface area contributed by atoms with Crippen molar-refractivity contribution in [2.75, 3.05) is 7.11 Å². The molecule has 0 atom stereocenters. The standard InChI is InChI=1S/C5H4N6O3/c1-12-5-4(10-14-11-5)8-7-3-2-6-13-9-3/h2H,1H3. The topological polar surface area (TPSA) is 112 Å². The molecule has 72 valence electrons. The maximum absolute atomic E-state index is 4.77. The summed E-state index contributed by atoms with van der Waals surface area (Å²) in [5.41, 5.74) is 0. The van der Waals surface area contributed by atoms with Crippen LogP contribution in [0, 0.1) is 0 Å². The van der Waals surface area contributed by atoms with Gasteiger partial charge in [0.25, 0.3) is 5.82 Å². The molecule has 0 fully saturated rings. The number of methoxy groups -OCH3 is 1. The first-order valence-electron chi connectivity index (χ1n) is 3.46. The number of rotatable bonds is 3. The summed E-state index contributed by atoms with van der Waals surface area (Å²) in [7, 11) is 1.41. The Morgan fingerprint density at radius 2 is 2.14 bits per heavy atom. The molecule has 9 nitrogen and oxygen atoms in total. The lowest BCUT2D eigenvalue weighted by molar-refractivity contribution is 0.281. The smallest absolute Gasteiger partial charge is 0.304 e. The normalized spacial score (nSPS) is 10.9. The van der Waals surface area contributed by atoms with Gasteiger partial charge in [0.05, 0.1) is 7.11 Å². The molecule has 0 unspecified atom stereocenters.